The summed E-state index contributed by atoms with van der Waals surface area (Å²) < 4.78 is 16.3. The first-order valence-corrected chi connectivity index (χ1v) is 9.10. The molecule has 0 aliphatic rings. The lowest BCUT2D eigenvalue weighted by atomic mass is 10.1. The van der Waals surface area contributed by atoms with Gasteiger partial charge in [-0.3, -0.25) is 4.79 Å². The number of benzene rings is 3. The number of rotatable bonds is 6. The van der Waals surface area contributed by atoms with E-state index in [9.17, 15) is 4.79 Å². The van der Waals surface area contributed by atoms with E-state index in [0.717, 1.165) is 33.9 Å². The Morgan fingerprint density at radius 2 is 1.68 bits per heavy atom. The molecule has 142 valence electrons. The first-order chi connectivity index (χ1) is 13.7. The molecule has 4 aromatic rings. The van der Waals surface area contributed by atoms with Gasteiger partial charge in [-0.1, -0.05) is 24.3 Å². The molecule has 0 aliphatic heterocycles. The Morgan fingerprint density at radius 3 is 2.50 bits per heavy atom. The Labute approximate surface area is 162 Å². The van der Waals surface area contributed by atoms with Gasteiger partial charge in [-0.2, -0.15) is 0 Å². The van der Waals surface area contributed by atoms with Crippen molar-refractivity contribution in [2.45, 2.75) is 6.42 Å². The first-order valence-electron chi connectivity index (χ1n) is 9.10. The van der Waals surface area contributed by atoms with Crippen molar-refractivity contribution in [3.63, 3.8) is 0 Å². The van der Waals surface area contributed by atoms with Crippen molar-refractivity contribution in [3.05, 3.63) is 71.8 Å². The van der Waals surface area contributed by atoms with E-state index in [0.29, 0.717) is 23.6 Å². The standard InChI is InChI=1S/C23H21NO4/c1-26-21-10-8-16(14-22(21)27-2)23(25)24-12-11-15-7-9-20-18(13-15)17-5-3-4-6-19(17)28-20/h3-10,13-14H,11-12H2,1-2H3,(H,24,25). The van der Waals surface area contributed by atoms with Crippen LogP contribution in [0.3, 0.4) is 0 Å². The average Bonchev–Trinajstić information content (AvgIpc) is 3.11. The van der Waals surface area contributed by atoms with Crippen LogP contribution in [0, 0.1) is 0 Å². The number of fused-ring (bicyclic) bond motifs is 3. The zero-order valence-electron chi connectivity index (χ0n) is 15.8. The Balaban J connectivity index is 1.45. The smallest absolute Gasteiger partial charge is 0.251 e. The molecular weight excluding hydrogens is 354 g/mol. The van der Waals surface area contributed by atoms with Crippen LogP contribution in [0.5, 0.6) is 11.5 Å². The van der Waals surface area contributed by atoms with Gasteiger partial charge in [0.2, 0.25) is 0 Å². The minimum absolute atomic E-state index is 0.143. The van der Waals surface area contributed by atoms with Crippen LogP contribution in [0.4, 0.5) is 0 Å². The van der Waals surface area contributed by atoms with E-state index in [4.69, 9.17) is 13.9 Å². The molecule has 4 rings (SSSR count). The Hall–Kier alpha value is -3.47. The summed E-state index contributed by atoms with van der Waals surface area (Å²) in [5, 5.41) is 5.16. The highest BCUT2D eigenvalue weighted by atomic mass is 16.5. The fraction of sp³-hybridized carbons (Fsp3) is 0.174. The average molecular weight is 375 g/mol. The van der Waals surface area contributed by atoms with Crippen LogP contribution in [0.25, 0.3) is 21.9 Å². The lowest BCUT2D eigenvalue weighted by molar-refractivity contribution is 0.0953. The van der Waals surface area contributed by atoms with Crippen LogP contribution >= 0.6 is 0 Å². The second kappa shape index (κ2) is 7.64. The number of para-hydroxylation sites is 1. The molecule has 0 saturated carbocycles. The molecule has 0 spiro atoms. The molecule has 0 atom stereocenters. The van der Waals surface area contributed by atoms with Crippen LogP contribution in [0.1, 0.15) is 15.9 Å². The molecule has 0 radical (unpaired) electrons. The van der Waals surface area contributed by atoms with Gasteiger partial charge >= 0.3 is 0 Å². The van der Waals surface area contributed by atoms with Gasteiger partial charge in [0.1, 0.15) is 11.2 Å². The van der Waals surface area contributed by atoms with E-state index in [1.807, 2.05) is 30.3 Å². The van der Waals surface area contributed by atoms with E-state index in [2.05, 4.69) is 17.4 Å². The summed E-state index contributed by atoms with van der Waals surface area (Å²) in [6.45, 7) is 0.536. The number of furan rings is 1. The summed E-state index contributed by atoms with van der Waals surface area (Å²) in [5.74, 6) is 0.989. The molecule has 0 bridgehead atoms. The van der Waals surface area contributed by atoms with E-state index in [1.54, 1.807) is 32.4 Å². The minimum Gasteiger partial charge on any atom is -0.493 e. The van der Waals surface area contributed by atoms with Crippen LogP contribution in [0.15, 0.2) is 65.1 Å². The third-order valence-corrected chi connectivity index (χ3v) is 4.79. The molecule has 1 heterocycles. The van der Waals surface area contributed by atoms with Crippen molar-refractivity contribution >= 4 is 27.8 Å². The number of amides is 1. The normalized spacial score (nSPS) is 10.9. The van der Waals surface area contributed by atoms with E-state index in [1.165, 1.54) is 0 Å². The SMILES string of the molecule is COc1ccc(C(=O)NCCc2ccc3oc4ccccc4c3c2)cc1OC. The third kappa shape index (κ3) is 3.39. The predicted molar refractivity (Wildman–Crippen MR) is 109 cm³/mol. The van der Waals surface area contributed by atoms with E-state index < -0.39 is 0 Å². The molecular formula is C23H21NO4. The van der Waals surface area contributed by atoms with Gasteiger partial charge in [-0.05, 0) is 48.4 Å². The van der Waals surface area contributed by atoms with E-state index >= 15 is 0 Å². The summed E-state index contributed by atoms with van der Waals surface area (Å²) >= 11 is 0. The number of nitrogens with one attached hydrogen (secondary N) is 1. The maximum Gasteiger partial charge on any atom is 0.251 e. The number of hydrogen-bond donors (Lipinski definition) is 1. The molecule has 1 amide bonds. The highest BCUT2D eigenvalue weighted by Crippen LogP contribution is 2.29. The van der Waals surface area contributed by atoms with Crippen molar-refractivity contribution in [2.75, 3.05) is 20.8 Å². The lowest BCUT2D eigenvalue weighted by Gasteiger charge is -2.10. The summed E-state index contributed by atoms with van der Waals surface area (Å²) in [5.41, 5.74) is 3.44. The van der Waals surface area contributed by atoms with Gasteiger partial charge in [0.05, 0.1) is 14.2 Å². The lowest BCUT2D eigenvalue weighted by Crippen LogP contribution is -2.25. The van der Waals surface area contributed by atoms with Crippen molar-refractivity contribution in [1.82, 2.24) is 5.32 Å². The quantitative estimate of drug-likeness (QED) is 0.536. The van der Waals surface area contributed by atoms with Gasteiger partial charge in [0.25, 0.3) is 5.91 Å². The Bertz CT molecular complexity index is 1150. The van der Waals surface area contributed by atoms with Crippen LogP contribution in [0.2, 0.25) is 0 Å². The molecule has 1 aromatic heterocycles. The monoisotopic (exact) mass is 375 g/mol. The fourth-order valence-electron chi connectivity index (χ4n) is 3.33. The summed E-state index contributed by atoms with van der Waals surface area (Å²) in [6.07, 6.45) is 0.731. The van der Waals surface area contributed by atoms with Crippen molar-refractivity contribution in [1.29, 1.82) is 0 Å². The largest absolute Gasteiger partial charge is 0.493 e. The summed E-state index contributed by atoms with van der Waals surface area (Å²) in [6, 6.07) is 19.3. The number of methoxy groups -OCH3 is 2. The zero-order chi connectivity index (χ0) is 19.5. The number of carbonyl (C=O) groups is 1. The molecule has 28 heavy (non-hydrogen) atoms. The van der Waals surface area contributed by atoms with Crippen molar-refractivity contribution in [2.24, 2.45) is 0 Å². The molecule has 5 nitrogen and oxygen atoms in total. The molecule has 0 unspecified atom stereocenters. The Morgan fingerprint density at radius 1 is 0.893 bits per heavy atom. The molecule has 0 saturated heterocycles. The second-order valence-electron chi connectivity index (χ2n) is 6.50. The summed E-state index contributed by atoms with van der Waals surface area (Å²) in [7, 11) is 3.12. The highest BCUT2D eigenvalue weighted by molar-refractivity contribution is 6.05. The predicted octanol–water partition coefficient (Wildman–Crippen LogP) is 4.58. The fourth-order valence-corrected chi connectivity index (χ4v) is 3.33. The third-order valence-electron chi connectivity index (χ3n) is 4.79. The van der Waals surface area contributed by atoms with E-state index in [-0.39, 0.29) is 5.91 Å². The highest BCUT2D eigenvalue weighted by Gasteiger charge is 2.11. The minimum atomic E-state index is -0.143. The molecule has 1 N–H and O–H groups in total. The van der Waals surface area contributed by atoms with Gasteiger partial charge in [-0.25, -0.2) is 0 Å². The number of ether oxygens (including phenoxy) is 2. The van der Waals surface area contributed by atoms with Gasteiger partial charge < -0.3 is 19.2 Å². The van der Waals surface area contributed by atoms with Gasteiger partial charge in [0, 0.05) is 22.9 Å². The molecule has 3 aromatic carbocycles. The number of carbonyl (C=O) groups excluding carboxylic acids is 1. The Kier molecular flexibility index (Phi) is 4.89. The van der Waals surface area contributed by atoms with Crippen LogP contribution in [-0.4, -0.2) is 26.7 Å². The molecule has 0 aliphatic carbocycles. The molecule has 5 heteroatoms. The maximum absolute atomic E-state index is 12.4. The van der Waals surface area contributed by atoms with Crippen molar-refractivity contribution < 1.29 is 18.7 Å². The maximum atomic E-state index is 12.4. The topological polar surface area (TPSA) is 60.7 Å². The van der Waals surface area contributed by atoms with Crippen molar-refractivity contribution in [3.8, 4) is 11.5 Å². The van der Waals surface area contributed by atoms with Gasteiger partial charge in [-0.15, -0.1) is 0 Å². The first kappa shape index (κ1) is 17.9. The summed E-state index contributed by atoms with van der Waals surface area (Å²) in [4.78, 5) is 12.4. The zero-order valence-corrected chi connectivity index (χ0v) is 15.8. The van der Waals surface area contributed by atoms with Crippen LogP contribution in [-0.2, 0) is 6.42 Å². The number of hydrogen-bond acceptors (Lipinski definition) is 4. The van der Waals surface area contributed by atoms with Crippen LogP contribution < -0.4 is 14.8 Å². The molecule has 0 fully saturated rings. The van der Waals surface area contributed by atoms with Gasteiger partial charge in [0.15, 0.2) is 11.5 Å². The second-order valence-corrected chi connectivity index (χ2v) is 6.50.